The van der Waals surface area contributed by atoms with E-state index in [1.54, 1.807) is 19.2 Å². The molecule has 1 aliphatic carbocycles. The molecular weight excluding hydrogens is 255 g/mol. The van der Waals surface area contributed by atoms with Crippen LogP contribution in [0.15, 0.2) is 18.2 Å². The summed E-state index contributed by atoms with van der Waals surface area (Å²) >= 11 is 0. The monoisotopic (exact) mass is 278 g/mol. The summed E-state index contributed by atoms with van der Waals surface area (Å²) in [6, 6.07) is 4.76. The molecule has 3 nitrogen and oxygen atoms in total. The molecule has 0 spiro atoms. The quantitative estimate of drug-likeness (QED) is 0.889. The predicted octanol–water partition coefficient (Wildman–Crippen LogP) is 3.42. The summed E-state index contributed by atoms with van der Waals surface area (Å²) in [7, 11) is 1.63. The van der Waals surface area contributed by atoms with E-state index in [9.17, 15) is 9.18 Å². The maximum Gasteiger partial charge on any atom is 0.253 e. The Kier molecular flexibility index (Phi) is 4.63. The number of carbonyl (C=O) groups is 1. The number of nitrogens with one attached hydrogen (secondary N) is 2. The Morgan fingerprint density at radius 3 is 2.70 bits per heavy atom. The third-order valence-electron chi connectivity index (χ3n) is 4.26. The van der Waals surface area contributed by atoms with Gasteiger partial charge in [-0.3, -0.25) is 4.79 Å². The summed E-state index contributed by atoms with van der Waals surface area (Å²) in [6.45, 7) is 4.42. The second-order valence-electron chi connectivity index (χ2n) is 5.89. The van der Waals surface area contributed by atoms with E-state index in [1.165, 1.54) is 6.07 Å². The molecule has 0 saturated heterocycles. The Balaban J connectivity index is 2.11. The van der Waals surface area contributed by atoms with Gasteiger partial charge in [-0.25, -0.2) is 4.39 Å². The van der Waals surface area contributed by atoms with Crippen LogP contribution in [0.5, 0.6) is 0 Å². The molecule has 1 aliphatic rings. The Morgan fingerprint density at radius 2 is 2.05 bits per heavy atom. The zero-order valence-electron chi connectivity index (χ0n) is 12.4. The summed E-state index contributed by atoms with van der Waals surface area (Å²) in [4.78, 5) is 12.4. The summed E-state index contributed by atoms with van der Waals surface area (Å²) in [5.41, 5.74) is 0.639. The number of anilines is 1. The van der Waals surface area contributed by atoms with Crippen LogP contribution >= 0.6 is 0 Å². The zero-order chi connectivity index (χ0) is 14.7. The van der Waals surface area contributed by atoms with Crippen LogP contribution in [-0.4, -0.2) is 19.0 Å². The minimum atomic E-state index is -0.398. The number of halogens is 1. The van der Waals surface area contributed by atoms with Gasteiger partial charge in [0.25, 0.3) is 5.91 Å². The van der Waals surface area contributed by atoms with E-state index in [2.05, 4.69) is 24.5 Å². The molecule has 20 heavy (non-hydrogen) atoms. The molecule has 2 N–H and O–H groups in total. The van der Waals surface area contributed by atoms with Crippen molar-refractivity contribution in [2.45, 2.75) is 39.2 Å². The lowest BCUT2D eigenvalue weighted by molar-refractivity contribution is 0.0900. The largest absolute Gasteiger partial charge is 0.385 e. The molecule has 1 aromatic carbocycles. The first-order chi connectivity index (χ1) is 9.52. The van der Waals surface area contributed by atoms with E-state index in [-0.39, 0.29) is 17.6 Å². The highest BCUT2D eigenvalue weighted by Gasteiger charge is 2.27. The molecule has 0 aliphatic heterocycles. The van der Waals surface area contributed by atoms with E-state index < -0.39 is 5.82 Å². The van der Waals surface area contributed by atoms with E-state index in [0.29, 0.717) is 11.5 Å². The van der Waals surface area contributed by atoms with Crippen LogP contribution in [-0.2, 0) is 0 Å². The highest BCUT2D eigenvalue weighted by molar-refractivity contribution is 5.99. The average molecular weight is 278 g/mol. The van der Waals surface area contributed by atoms with Gasteiger partial charge in [0.1, 0.15) is 5.82 Å². The van der Waals surface area contributed by atoms with Crippen molar-refractivity contribution in [1.29, 1.82) is 0 Å². The van der Waals surface area contributed by atoms with Gasteiger partial charge < -0.3 is 10.6 Å². The number of hydrogen-bond donors (Lipinski definition) is 2. The lowest BCUT2D eigenvalue weighted by Gasteiger charge is -2.33. The molecule has 0 aromatic heterocycles. The molecule has 110 valence electrons. The first-order valence-corrected chi connectivity index (χ1v) is 7.30. The van der Waals surface area contributed by atoms with E-state index in [0.717, 1.165) is 25.2 Å². The fourth-order valence-corrected chi connectivity index (χ4v) is 3.09. The van der Waals surface area contributed by atoms with Gasteiger partial charge in [0.15, 0.2) is 0 Å². The highest BCUT2D eigenvalue weighted by atomic mass is 19.1. The molecule has 0 bridgehead atoms. The number of benzene rings is 1. The smallest absolute Gasteiger partial charge is 0.253 e. The minimum absolute atomic E-state index is 0.187. The topological polar surface area (TPSA) is 41.1 Å². The number of rotatable bonds is 3. The van der Waals surface area contributed by atoms with Crippen molar-refractivity contribution in [1.82, 2.24) is 5.32 Å². The maximum atomic E-state index is 13.7. The maximum absolute atomic E-state index is 13.7. The van der Waals surface area contributed by atoms with Gasteiger partial charge in [0.2, 0.25) is 0 Å². The molecule has 2 rings (SSSR count). The van der Waals surface area contributed by atoms with Gasteiger partial charge in [0.05, 0.1) is 11.3 Å². The van der Waals surface area contributed by atoms with Crippen molar-refractivity contribution in [3.63, 3.8) is 0 Å². The Labute approximate surface area is 120 Å². The van der Waals surface area contributed by atoms with Gasteiger partial charge in [-0.05, 0) is 43.2 Å². The normalized spacial score (nSPS) is 26.1. The van der Waals surface area contributed by atoms with Crippen LogP contribution in [0.1, 0.15) is 43.5 Å². The second kappa shape index (κ2) is 6.25. The second-order valence-corrected chi connectivity index (χ2v) is 5.89. The van der Waals surface area contributed by atoms with Crippen molar-refractivity contribution >= 4 is 11.6 Å². The number of carbonyl (C=O) groups excluding carboxylic acids is 1. The van der Waals surface area contributed by atoms with Crippen molar-refractivity contribution < 1.29 is 9.18 Å². The van der Waals surface area contributed by atoms with Crippen molar-refractivity contribution in [3.8, 4) is 0 Å². The molecule has 3 atom stereocenters. The number of amides is 1. The molecule has 1 aromatic rings. The summed E-state index contributed by atoms with van der Waals surface area (Å²) in [5, 5.41) is 5.83. The standard InChI is InChI=1S/C16H23FN2O/c1-10-7-8-14(11(2)9-10)19-16(20)12-5-4-6-13(17)15(12)18-3/h4-6,10-11,14,18H,7-9H2,1-3H3,(H,19,20). The van der Waals surface area contributed by atoms with Crippen molar-refractivity contribution in [2.75, 3.05) is 12.4 Å². The lowest BCUT2D eigenvalue weighted by atomic mass is 9.80. The molecular formula is C16H23FN2O. The van der Waals surface area contributed by atoms with Gasteiger partial charge in [-0.1, -0.05) is 19.9 Å². The Morgan fingerprint density at radius 1 is 1.30 bits per heavy atom. The first-order valence-electron chi connectivity index (χ1n) is 7.30. The third kappa shape index (κ3) is 3.11. The number of hydrogen-bond acceptors (Lipinski definition) is 2. The van der Waals surface area contributed by atoms with Crippen molar-refractivity contribution in [3.05, 3.63) is 29.6 Å². The van der Waals surface area contributed by atoms with Gasteiger partial charge >= 0.3 is 0 Å². The van der Waals surface area contributed by atoms with E-state index in [1.807, 2.05) is 0 Å². The van der Waals surface area contributed by atoms with Crippen LogP contribution in [0.2, 0.25) is 0 Å². The SMILES string of the molecule is CNc1c(F)cccc1C(=O)NC1CCC(C)CC1C. The van der Waals surface area contributed by atoms with Gasteiger partial charge in [-0.15, -0.1) is 0 Å². The fourth-order valence-electron chi connectivity index (χ4n) is 3.09. The van der Waals surface area contributed by atoms with Gasteiger partial charge in [-0.2, -0.15) is 0 Å². The minimum Gasteiger partial charge on any atom is -0.385 e. The zero-order valence-corrected chi connectivity index (χ0v) is 12.4. The Hall–Kier alpha value is -1.58. The molecule has 3 unspecified atom stereocenters. The predicted molar refractivity (Wildman–Crippen MR) is 79.4 cm³/mol. The Bertz CT molecular complexity index is 489. The molecule has 1 saturated carbocycles. The van der Waals surface area contributed by atoms with Crippen LogP contribution in [0.4, 0.5) is 10.1 Å². The summed E-state index contributed by atoms with van der Waals surface area (Å²) in [5.74, 6) is 0.597. The summed E-state index contributed by atoms with van der Waals surface area (Å²) in [6.07, 6.45) is 3.27. The number of para-hydroxylation sites is 1. The molecule has 1 amide bonds. The first kappa shape index (κ1) is 14.8. The third-order valence-corrected chi connectivity index (χ3v) is 4.26. The highest BCUT2D eigenvalue weighted by Crippen LogP contribution is 2.29. The van der Waals surface area contributed by atoms with Crippen LogP contribution < -0.4 is 10.6 Å². The van der Waals surface area contributed by atoms with E-state index in [4.69, 9.17) is 0 Å². The lowest BCUT2D eigenvalue weighted by Crippen LogP contribution is -2.42. The van der Waals surface area contributed by atoms with Gasteiger partial charge in [0, 0.05) is 13.1 Å². The fraction of sp³-hybridized carbons (Fsp3) is 0.562. The molecule has 1 fully saturated rings. The van der Waals surface area contributed by atoms with E-state index >= 15 is 0 Å². The van der Waals surface area contributed by atoms with Crippen LogP contribution in [0.3, 0.4) is 0 Å². The van der Waals surface area contributed by atoms with Crippen LogP contribution in [0, 0.1) is 17.7 Å². The molecule has 0 heterocycles. The van der Waals surface area contributed by atoms with Crippen LogP contribution in [0.25, 0.3) is 0 Å². The summed E-state index contributed by atoms with van der Waals surface area (Å²) < 4.78 is 13.7. The van der Waals surface area contributed by atoms with Crippen molar-refractivity contribution in [2.24, 2.45) is 11.8 Å². The molecule has 0 radical (unpaired) electrons. The molecule has 4 heteroatoms. The average Bonchev–Trinajstić information content (AvgIpc) is 2.41.